The molecule has 0 atom stereocenters. The lowest BCUT2D eigenvalue weighted by Crippen LogP contribution is -2.23. The number of nitrogens with two attached hydrogens (primary N) is 1. The molecule has 3 rings (SSSR count). The molecule has 0 spiro atoms. The van der Waals surface area contributed by atoms with Crippen LogP contribution in [-0.4, -0.2) is 15.0 Å². The first-order valence-corrected chi connectivity index (χ1v) is 8.53. The summed E-state index contributed by atoms with van der Waals surface area (Å²) in [5, 5.41) is 0. The van der Waals surface area contributed by atoms with Crippen molar-refractivity contribution in [2.75, 3.05) is 10.6 Å². The molecule has 3 aromatic rings. The van der Waals surface area contributed by atoms with E-state index in [2.05, 4.69) is 15.0 Å². The molecule has 5 nitrogen and oxygen atoms in total. The fraction of sp³-hybridized carbons (Fsp3) is 0.211. The first kappa shape index (κ1) is 21.3. The van der Waals surface area contributed by atoms with Gasteiger partial charge in [-0.05, 0) is 42.8 Å². The van der Waals surface area contributed by atoms with E-state index in [1.807, 2.05) is 0 Å². The van der Waals surface area contributed by atoms with Crippen LogP contribution in [0.25, 0.3) is 0 Å². The van der Waals surface area contributed by atoms with Gasteiger partial charge in [0.2, 0.25) is 11.9 Å². The zero-order valence-corrected chi connectivity index (χ0v) is 15.5. The van der Waals surface area contributed by atoms with Gasteiger partial charge in [0.15, 0.2) is 0 Å². The van der Waals surface area contributed by atoms with Gasteiger partial charge in [-0.2, -0.15) is 41.3 Å². The normalized spacial score (nSPS) is 12.1. The molecule has 1 heterocycles. The van der Waals surface area contributed by atoms with Gasteiger partial charge in [-0.1, -0.05) is 18.2 Å². The van der Waals surface area contributed by atoms with E-state index in [0.29, 0.717) is 0 Å². The lowest BCUT2D eigenvalue weighted by atomic mass is 10.1. The van der Waals surface area contributed by atoms with Gasteiger partial charge < -0.3 is 10.6 Å². The molecule has 30 heavy (non-hydrogen) atoms. The number of rotatable bonds is 4. The summed E-state index contributed by atoms with van der Waals surface area (Å²) in [7, 11) is 0. The molecule has 2 aromatic carbocycles. The Morgan fingerprint density at radius 1 is 0.833 bits per heavy atom. The largest absolute Gasteiger partial charge is 0.416 e. The zero-order valence-electron chi connectivity index (χ0n) is 15.5. The van der Waals surface area contributed by atoms with Crippen LogP contribution in [0.3, 0.4) is 0 Å². The first-order valence-electron chi connectivity index (χ1n) is 8.53. The maximum atomic E-state index is 13.4. The van der Waals surface area contributed by atoms with Crippen LogP contribution in [0.1, 0.15) is 22.5 Å². The van der Waals surface area contributed by atoms with E-state index in [1.54, 1.807) is 0 Å². The number of nitrogen functional groups attached to an aromatic ring is 1. The molecule has 0 fully saturated rings. The summed E-state index contributed by atoms with van der Waals surface area (Å²) in [5.41, 5.74) is 3.91. The molecular formula is C19H15F6N5. The Morgan fingerprint density at radius 3 is 2.03 bits per heavy atom. The SMILES string of the molecule is Cc1nc(N)nc(N(Cc2ccccc2C(F)(F)F)c2ccc(C(F)(F)F)cc2)n1. The number of hydrogen-bond donors (Lipinski definition) is 1. The molecule has 11 heteroatoms. The van der Waals surface area contributed by atoms with E-state index < -0.39 is 23.5 Å². The van der Waals surface area contributed by atoms with E-state index in [9.17, 15) is 26.3 Å². The quantitative estimate of drug-likeness (QED) is 0.584. The van der Waals surface area contributed by atoms with E-state index in [-0.39, 0.29) is 35.5 Å². The number of nitrogens with zero attached hydrogens (tertiary/aromatic N) is 4. The summed E-state index contributed by atoms with van der Waals surface area (Å²) in [5.74, 6) is -0.0474. The Kier molecular flexibility index (Phi) is 5.55. The lowest BCUT2D eigenvalue weighted by molar-refractivity contribution is -0.138. The minimum absolute atomic E-state index is 0.0864. The van der Waals surface area contributed by atoms with Gasteiger partial charge >= 0.3 is 12.4 Å². The zero-order chi connectivity index (χ0) is 22.1. The Balaban J connectivity index is 2.10. The maximum Gasteiger partial charge on any atom is 0.416 e. The van der Waals surface area contributed by atoms with Gasteiger partial charge in [-0.25, -0.2) is 0 Å². The molecular weight excluding hydrogens is 412 g/mol. The van der Waals surface area contributed by atoms with E-state index in [0.717, 1.165) is 30.3 Å². The van der Waals surface area contributed by atoms with Crippen molar-refractivity contribution in [3.8, 4) is 0 Å². The summed E-state index contributed by atoms with van der Waals surface area (Å²) < 4.78 is 78.9. The van der Waals surface area contributed by atoms with Crippen molar-refractivity contribution in [1.29, 1.82) is 0 Å². The molecule has 0 unspecified atom stereocenters. The van der Waals surface area contributed by atoms with Crippen molar-refractivity contribution in [1.82, 2.24) is 15.0 Å². The van der Waals surface area contributed by atoms with Crippen molar-refractivity contribution in [2.24, 2.45) is 0 Å². The van der Waals surface area contributed by atoms with E-state index in [4.69, 9.17) is 5.73 Å². The highest BCUT2D eigenvalue weighted by molar-refractivity contribution is 5.59. The fourth-order valence-electron chi connectivity index (χ4n) is 2.82. The second-order valence-corrected chi connectivity index (χ2v) is 6.33. The summed E-state index contributed by atoms with van der Waals surface area (Å²) in [4.78, 5) is 13.1. The number of alkyl halides is 6. The van der Waals surface area contributed by atoms with Gasteiger partial charge in [0.05, 0.1) is 17.7 Å². The number of halogens is 6. The predicted molar refractivity (Wildman–Crippen MR) is 97.7 cm³/mol. The molecule has 158 valence electrons. The minimum Gasteiger partial charge on any atom is -0.368 e. The van der Waals surface area contributed by atoms with Gasteiger partial charge in [-0.3, -0.25) is 0 Å². The van der Waals surface area contributed by atoms with Crippen LogP contribution < -0.4 is 10.6 Å². The third kappa shape index (κ3) is 4.78. The molecule has 0 radical (unpaired) electrons. The lowest BCUT2D eigenvalue weighted by Gasteiger charge is -2.25. The smallest absolute Gasteiger partial charge is 0.368 e. The van der Waals surface area contributed by atoms with E-state index in [1.165, 1.54) is 30.0 Å². The van der Waals surface area contributed by atoms with E-state index >= 15 is 0 Å². The number of hydrogen-bond acceptors (Lipinski definition) is 5. The van der Waals surface area contributed by atoms with Gasteiger partial charge in [0, 0.05) is 5.69 Å². The minimum atomic E-state index is -4.61. The van der Waals surface area contributed by atoms with Crippen LogP contribution >= 0.6 is 0 Å². The highest BCUT2D eigenvalue weighted by Crippen LogP contribution is 2.35. The van der Waals surface area contributed by atoms with Crippen molar-refractivity contribution < 1.29 is 26.3 Å². The summed E-state index contributed by atoms with van der Waals surface area (Å²) in [6, 6.07) is 8.81. The number of benzene rings is 2. The second-order valence-electron chi connectivity index (χ2n) is 6.33. The van der Waals surface area contributed by atoms with Crippen LogP contribution in [0.4, 0.5) is 43.9 Å². The van der Waals surface area contributed by atoms with Crippen LogP contribution in [-0.2, 0) is 18.9 Å². The van der Waals surface area contributed by atoms with Gasteiger partial charge in [0.1, 0.15) is 5.82 Å². The molecule has 1 aromatic heterocycles. The molecule has 0 aliphatic heterocycles. The third-order valence-electron chi connectivity index (χ3n) is 4.15. The molecule has 0 amide bonds. The number of aryl methyl sites for hydroxylation is 1. The van der Waals surface area contributed by atoms with Crippen LogP contribution in [0.5, 0.6) is 0 Å². The molecule has 0 aliphatic rings. The Bertz CT molecular complexity index is 1010. The van der Waals surface area contributed by atoms with Crippen molar-refractivity contribution in [3.63, 3.8) is 0 Å². The average molecular weight is 427 g/mol. The van der Waals surface area contributed by atoms with Crippen molar-refractivity contribution in [2.45, 2.75) is 25.8 Å². The highest BCUT2D eigenvalue weighted by atomic mass is 19.4. The second kappa shape index (κ2) is 7.81. The van der Waals surface area contributed by atoms with Crippen LogP contribution in [0, 0.1) is 6.92 Å². The first-order chi connectivity index (χ1) is 13.9. The molecule has 0 saturated heterocycles. The standard InChI is InChI=1S/C19H15F6N5/c1-11-27-16(26)29-17(28-11)30(14-8-6-13(7-9-14)18(20,21)22)10-12-4-2-3-5-15(12)19(23,24)25/h2-9H,10H2,1H3,(H2,26,27,28,29). The maximum absolute atomic E-state index is 13.4. The highest BCUT2D eigenvalue weighted by Gasteiger charge is 2.34. The fourth-order valence-corrected chi connectivity index (χ4v) is 2.82. The van der Waals surface area contributed by atoms with Gasteiger partial charge in [-0.15, -0.1) is 0 Å². The molecule has 0 saturated carbocycles. The van der Waals surface area contributed by atoms with Crippen LogP contribution in [0.15, 0.2) is 48.5 Å². The number of aromatic nitrogens is 3. The topological polar surface area (TPSA) is 67.9 Å². The average Bonchev–Trinajstić information content (AvgIpc) is 2.64. The Hall–Kier alpha value is -3.37. The van der Waals surface area contributed by atoms with Crippen molar-refractivity contribution >= 4 is 17.6 Å². The number of anilines is 3. The third-order valence-corrected chi connectivity index (χ3v) is 4.15. The molecule has 0 bridgehead atoms. The van der Waals surface area contributed by atoms with Crippen LogP contribution in [0.2, 0.25) is 0 Å². The molecule has 0 aliphatic carbocycles. The predicted octanol–water partition coefficient (Wildman–Crippen LogP) is 5.14. The Morgan fingerprint density at radius 2 is 1.47 bits per heavy atom. The van der Waals surface area contributed by atoms with Gasteiger partial charge in [0.25, 0.3) is 0 Å². The summed E-state index contributed by atoms with van der Waals surface area (Å²) in [6.45, 7) is 1.15. The summed E-state index contributed by atoms with van der Waals surface area (Å²) >= 11 is 0. The monoisotopic (exact) mass is 427 g/mol. The summed E-state index contributed by atoms with van der Waals surface area (Å²) in [6.07, 6.45) is -9.17. The molecule has 2 N–H and O–H groups in total. The Labute approximate surface area is 167 Å². The van der Waals surface area contributed by atoms with Crippen molar-refractivity contribution in [3.05, 3.63) is 71.0 Å².